The molecule has 0 fully saturated rings. The number of carbonyl (C=O) groups excluding carboxylic acids is 3. The van der Waals surface area contributed by atoms with Crippen LogP contribution in [0.5, 0.6) is 0 Å². The third kappa shape index (κ3) is 5.90. The van der Waals surface area contributed by atoms with Crippen LogP contribution in [0.2, 0.25) is 0 Å². The molecule has 0 heterocycles. The van der Waals surface area contributed by atoms with E-state index in [1.807, 2.05) is 6.07 Å². The standard InChI is InChI=1S/C20H19NO5/c1-2-18(22)25-12-7-13-26-20(24)21-17-11-6-10-16(14-17)19(23)15-8-4-3-5-9-15/h2-6,8-11,14H,1,7,12-13H2,(H,21,24). The summed E-state index contributed by atoms with van der Waals surface area (Å²) in [6.45, 7) is 3.51. The quantitative estimate of drug-likeness (QED) is 0.339. The first kappa shape index (κ1) is 18.9. The average Bonchev–Trinajstić information content (AvgIpc) is 2.67. The fourth-order valence-corrected chi connectivity index (χ4v) is 2.10. The number of carbonyl (C=O) groups is 3. The van der Waals surface area contributed by atoms with Crippen molar-refractivity contribution in [1.82, 2.24) is 0 Å². The first-order chi connectivity index (χ1) is 12.6. The summed E-state index contributed by atoms with van der Waals surface area (Å²) < 4.78 is 9.76. The number of anilines is 1. The zero-order valence-corrected chi connectivity index (χ0v) is 14.1. The summed E-state index contributed by atoms with van der Waals surface area (Å²) in [5, 5.41) is 2.56. The summed E-state index contributed by atoms with van der Waals surface area (Å²) >= 11 is 0. The van der Waals surface area contributed by atoms with E-state index in [-0.39, 0.29) is 19.0 Å². The number of hydrogen-bond acceptors (Lipinski definition) is 5. The van der Waals surface area contributed by atoms with Crippen LogP contribution < -0.4 is 5.32 Å². The van der Waals surface area contributed by atoms with Crippen molar-refractivity contribution >= 4 is 23.5 Å². The van der Waals surface area contributed by atoms with Gasteiger partial charge in [-0.25, -0.2) is 9.59 Å². The molecule has 0 radical (unpaired) electrons. The van der Waals surface area contributed by atoms with Gasteiger partial charge in [0.2, 0.25) is 0 Å². The highest BCUT2D eigenvalue weighted by molar-refractivity contribution is 6.09. The molecule has 0 atom stereocenters. The molecule has 0 saturated carbocycles. The summed E-state index contributed by atoms with van der Waals surface area (Å²) in [4.78, 5) is 35.0. The molecule has 0 aromatic heterocycles. The number of ketones is 1. The molecule has 0 bridgehead atoms. The van der Waals surface area contributed by atoms with E-state index in [9.17, 15) is 14.4 Å². The van der Waals surface area contributed by atoms with Crippen molar-refractivity contribution in [2.24, 2.45) is 0 Å². The Hall–Kier alpha value is -3.41. The molecule has 0 saturated heterocycles. The second kappa shape index (κ2) is 9.78. The maximum Gasteiger partial charge on any atom is 0.411 e. The molecule has 6 nitrogen and oxygen atoms in total. The zero-order chi connectivity index (χ0) is 18.8. The molecule has 26 heavy (non-hydrogen) atoms. The van der Waals surface area contributed by atoms with Crippen molar-refractivity contribution in [3.05, 3.63) is 78.4 Å². The van der Waals surface area contributed by atoms with Crippen LogP contribution in [-0.2, 0) is 14.3 Å². The van der Waals surface area contributed by atoms with E-state index in [0.717, 1.165) is 6.08 Å². The lowest BCUT2D eigenvalue weighted by molar-refractivity contribution is -0.137. The minimum absolute atomic E-state index is 0.0961. The van der Waals surface area contributed by atoms with Crippen molar-refractivity contribution in [1.29, 1.82) is 0 Å². The van der Waals surface area contributed by atoms with Crippen molar-refractivity contribution in [2.75, 3.05) is 18.5 Å². The molecule has 0 spiro atoms. The van der Waals surface area contributed by atoms with Crippen LogP contribution in [0.3, 0.4) is 0 Å². The maximum atomic E-state index is 12.4. The van der Waals surface area contributed by atoms with E-state index in [4.69, 9.17) is 9.47 Å². The lowest BCUT2D eigenvalue weighted by Crippen LogP contribution is -2.16. The van der Waals surface area contributed by atoms with Gasteiger partial charge in [0.15, 0.2) is 5.78 Å². The molecule has 2 rings (SSSR count). The molecule has 134 valence electrons. The number of nitrogens with one attached hydrogen (secondary N) is 1. The van der Waals surface area contributed by atoms with Crippen LogP contribution in [0.4, 0.5) is 10.5 Å². The Kier molecular flexibility index (Phi) is 7.12. The average molecular weight is 353 g/mol. The third-order valence-corrected chi connectivity index (χ3v) is 3.34. The predicted octanol–water partition coefficient (Wildman–Crippen LogP) is 3.59. The molecule has 0 aliphatic heterocycles. The number of amides is 1. The molecule has 1 N–H and O–H groups in total. The molecule has 0 aliphatic carbocycles. The Morgan fingerprint density at radius 3 is 2.35 bits per heavy atom. The van der Waals surface area contributed by atoms with Gasteiger partial charge in [-0.15, -0.1) is 0 Å². The topological polar surface area (TPSA) is 81.7 Å². The Labute approximate surface area is 151 Å². The minimum atomic E-state index is -0.649. The lowest BCUT2D eigenvalue weighted by atomic mass is 10.0. The van der Waals surface area contributed by atoms with Crippen LogP contribution >= 0.6 is 0 Å². The SMILES string of the molecule is C=CC(=O)OCCCOC(=O)Nc1cccc(C(=O)c2ccccc2)c1. The highest BCUT2D eigenvalue weighted by Gasteiger charge is 2.10. The summed E-state index contributed by atoms with van der Waals surface area (Å²) in [7, 11) is 0. The Bertz CT molecular complexity index is 786. The van der Waals surface area contributed by atoms with Crippen molar-refractivity contribution < 1.29 is 23.9 Å². The van der Waals surface area contributed by atoms with Gasteiger partial charge in [0, 0.05) is 29.3 Å². The third-order valence-electron chi connectivity index (χ3n) is 3.34. The van der Waals surface area contributed by atoms with Crippen LogP contribution in [0.25, 0.3) is 0 Å². The Morgan fingerprint density at radius 2 is 1.62 bits per heavy atom. The molecule has 2 aromatic carbocycles. The molecule has 0 unspecified atom stereocenters. The largest absolute Gasteiger partial charge is 0.462 e. The second-order valence-corrected chi connectivity index (χ2v) is 5.26. The first-order valence-corrected chi connectivity index (χ1v) is 8.03. The number of hydrogen-bond donors (Lipinski definition) is 1. The van der Waals surface area contributed by atoms with Crippen LogP contribution in [0, 0.1) is 0 Å². The van der Waals surface area contributed by atoms with Crippen molar-refractivity contribution in [3.63, 3.8) is 0 Å². The van der Waals surface area contributed by atoms with Gasteiger partial charge in [0.25, 0.3) is 0 Å². The van der Waals surface area contributed by atoms with E-state index in [1.165, 1.54) is 0 Å². The summed E-state index contributed by atoms with van der Waals surface area (Å²) in [5.74, 6) is -0.652. The van der Waals surface area contributed by atoms with Crippen molar-refractivity contribution in [2.45, 2.75) is 6.42 Å². The van der Waals surface area contributed by atoms with Gasteiger partial charge in [-0.1, -0.05) is 49.0 Å². The molecular weight excluding hydrogens is 334 g/mol. The molecule has 0 aliphatic rings. The van der Waals surface area contributed by atoms with Gasteiger partial charge in [-0.3, -0.25) is 10.1 Å². The normalized spacial score (nSPS) is 9.85. The zero-order valence-electron chi connectivity index (χ0n) is 14.1. The monoisotopic (exact) mass is 353 g/mol. The molecule has 6 heteroatoms. The van der Waals surface area contributed by atoms with E-state index >= 15 is 0 Å². The highest BCUT2D eigenvalue weighted by Crippen LogP contribution is 2.15. The van der Waals surface area contributed by atoms with Gasteiger partial charge in [0.05, 0.1) is 13.2 Å². The number of rotatable bonds is 8. The van der Waals surface area contributed by atoms with E-state index in [1.54, 1.807) is 48.5 Å². The van der Waals surface area contributed by atoms with Gasteiger partial charge in [0.1, 0.15) is 0 Å². The summed E-state index contributed by atoms with van der Waals surface area (Å²) in [6, 6.07) is 15.5. The van der Waals surface area contributed by atoms with E-state index in [2.05, 4.69) is 11.9 Å². The second-order valence-electron chi connectivity index (χ2n) is 5.26. The summed E-state index contributed by atoms with van der Waals surface area (Å²) in [5.41, 5.74) is 1.49. The Balaban J connectivity index is 1.84. The predicted molar refractivity (Wildman–Crippen MR) is 97.1 cm³/mol. The number of esters is 1. The van der Waals surface area contributed by atoms with Gasteiger partial charge in [-0.2, -0.15) is 0 Å². The Morgan fingerprint density at radius 1 is 0.923 bits per heavy atom. The van der Waals surface area contributed by atoms with Gasteiger partial charge in [-0.05, 0) is 12.1 Å². The van der Waals surface area contributed by atoms with Crippen LogP contribution in [0.1, 0.15) is 22.3 Å². The highest BCUT2D eigenvalue weighted by atomic mass is 16.6. The van der Waals surface area contributed by atoms with Gasteiger partial charge < -0.3 is 9.47 Å². The number of benzene rings is 2. The first-order valence-electron chi connectivity index (χ1n) is 8.03. The fraction of sp³-hybridized carbons (Fsp3) is 0.150. The fourth-order valence-electron chi connectivity index (χ4n) is 2.10. The molecule has 2 aromatic rings. The van der Waals surface area contributed by atoms with Crippen molar-refractivity contribution in [3.8, 4) is 0 Å². The van der Waals surface area contributed by atoms with Crippen LogP contribution in [-0.4, -0.2) is 31.1 Å². The lowest BCUT2D eigenvalue weighted by Gasteiger charge is -2.08. The maximum absolute atomic E-state index is 12.4. The van der Waals surface area contributed by atoms with Gasteiger partial charge >= 0.3 is 12.1 Å². The van der Waals surface area contributed by atoms with E-state index < -0.39 is 12.1 Å². The molecule has 1 amide bonds. The smallest absolute Gasteiger partial charge is 0.411 e. The number of ether oxygens (including phenoxy) is 2. The van der Waals surface area contributed by atoms with Crippen LogP contribution in [0.15, 0.2) is 67.3 Å². The minimum Gasteiger partial charge on any atom is -0.462 e. The van der Waals surface area contributed by atoms with E-state index in [0.29, 0.717) is 23.2 Å². The molecular formula is C20H19NO5. The summed E-state index contributed by atoms with van der Waals surface area (Å²) in [6.07, 6.45) is 0.793.